The van der Waals surface area contributed by atoms with Gasteiger partial charge in [-0.1, -0.05) is 0 Å². The summed E-state index contributed by atoms with van der Waals surface area (Å²) in [6, 6.07) is 0. The topological polar surface area (TPSA) is 0 Å². The Balaban J connectivity index is 3.59. The van der Waals surface area contributed by atoms with Crippen LogP contribution in [0.1, 0.15) is 19.8 Å². The number of hydrogen-bond donors (Lipinski definition) is 0. The van der Waals surface area contributed by atoms with Crippen LogP contribution in [0.5, 0.6) is 0 Å². The molecule has 0 amide bonds. The van der Waals surface area contributed by atoms with Crippen LogP contribution in [-0.4, -0.2) is 18.4 Å². The Kier molecular flexibility index (Phi) is 4.39. The van der Waals surface area contributed by atoms with Gasteiger partial charge in [0.1, 0.15) is 0 Å². The van der Waals surface area contributed by atoms with Gasteiger partial charge in [-0.15, -0.1) is 0 Å². The van der Waals surface area contributed by atoms with Crippen molar-refractivity contribution < 1.29 is 0 Å². The van der Waals surface area contributed by atoms with Crippen molar-refractivity contribution in [2.24, 2.45) is 0 Å². The molecular formula is C8H16Sn. The second kappa shape index (κ2) is 4.22. The van der Waals surface area contributed by atoms with Gasteiger partial charge in [0.25, 0.3) is 0 Å². The Hall–Kier alpha value is 0.359. The van der Waals surface area contributed by atoms with Crippen molar-refractivity contribution in [1.82, 2.24) is 0 Å². The van der Waals surface area contributed by atoms with E-state index in [4.69, 9.17) is 0 Å². The molecule has 0 bridgehead atoms. The molecule has 0 fully saturated rings. The predicted molar refractivity (Wildman–Crippen MR) is 46.0 cm³/mol. The van der Waals surface area contributed by atoms with E-state index in [0.29, 0.717) is 0 Å². The molecule has 0 heterocycles. The molecule has 0 spiro atoms. The molecule has 0 aromatic heterocycles. The molecule has 0 saturated heterocycles. The fraction of sp³-hybridized carbons (Fsp3) is 0.750. The monoisotopic (exact) mass is 232 g/mol. The van der Waals surface area contributed by atoms with Gasteiger partial charge in [-0.25, -0.2) is 0 Å². The van der Waals surface area contributed by atoms with Crippen LogP contribution in [0.3, 0.4) is 0 Å². The van der Waals surface area contributed by atoms with Crippen LogP contribution >= 0.6 is 0 Å². The second-order valence-corrected chi connectivity index (χ2v) is 16.9. The van der Waals surface area contributed by atoms with Crippen molar-refractivity contribution >= 4 is 18.4 Å². The number of rotatable bonds is 1. The van der Waals surface area contributed by atoms with Crippen LogP contribution in [0, 0.1) is 9.86 Å². The van der Waals surface area contributed by atoms with Gasteiger partial charge in [0, 0.05) is 0 Å². The molecule has 0 aromatic carbocycles. The summed E-state index contributed by atoms with van der Waals surface area (Å²) in [5.74, 6) is 3.22. The molecule has 0 N–H and O–H groups in total. The molecule has 1 heteroatoms. The van der Waals surface area contributed by atoms with Crippen molar-refractivity contribution in [2.75, 3.05) is 0 Å². The Morgan fingerprint density at radius 1 is 1.22 bits per heavy atom. The maximum atomic E-state index is 3.38. The summed E-state index contributed by atoms with van der Waals surface area (Å²) < 4.78 is 3.38. The maximum absolute atomic E-state index is 3.38. The van der Waals surface area contributed by atoms with E-state index in [-0.39, 0.29) is 0 Å². The van der Waals surface area contributed by atoms with E-state index in [9.17, 15) is 0 Å². The van der Waals surface area contributed by atoms with Crippen LogP contribution < -0.4 is 0 Å². The van der Waals surface area contributed by atoms with E-state index in [0.717, 1.165) is 6.42 Å². The van der Waals surface area contributed by atoms with Crippen LogP contribution in [-0.2, 0) is 0 Å². The molecule has 52 valence electrons. The van der Waals surface area contributed by atoms with E-state index in [1.807, 2.05) is 0 Å². The molecule has 9 heavy (non-hydrogen) atoms. The first-order valence-electron chi connectivity index (χ1n) is 3.56. The molecule has 0 atom stereocenters. The van der Waals surface area contributed by atoms with Crippen molar-refractivity contribution in [2.45, 2.75) is 34.6 Å². The molecule has 0 aliphatic heterocycles. The third-order valence-electron chi connectivity index (χ3n) is 0.838. The summed E-state index contributed by atoms with van der Waals surface area (Å²) in [5, 5.41) is 0. The van der Waals surface area contributed by atoms with Gasteiger partial charge < -0.3 is 0 Å². The van der Waals surface area contributed by atoms with Crippen molar-refractivity contribution in [3.05, 3.63) is 0 Å². The zero-order valence-corrected chi connectivity index (χ0v) is 9.77. The first-order valence-corrected chi connectivity index (χ1v) is 13.6. The minimum atomic E-state index is -1.69. The normalized spacial score (nSPS) is 10.2. The Labute approximate surface area is 62.9 Å². The quantitative estimate of drug-likeness (QED) is 0.480. The second-order valence-electron chi connectivity index (χ2n) is 3.30. The van der Waals surface area contributed by atoms with E-state index >= 15 is 0 Å². The fourth-order valence-corrected chi connectivity index (χ4v) is 2.32. The van der Waals surface area contributed by atoms with E-state index in [2.05, 4.69) is 31.6 Å². The van der Waals surface area contributed by atoms with E-state index < -0.39 is 18.4 Å². The third-order valence-corrected chi connectivity index (χ3v) is 3.48. The van der Waals surface area contributed by atoms with E-state index in [1.165, 1.54) is 6.42 Å². The first kappa shape index (κ1) is 9.36. The summed E-state index contributed by atoms with van der Waals surface area (Å²) in [4.78, 5) is 7.03. The van der Waals surface area contributed by atoms with Crippen LogP contribution in [0.2, 0.25) is 14.8 Å². The summed E-state index contributed by atoms with van der Waals surface area (Å²) >= 11 is -1.69. The summed E-state index contributed by atoms with van der Waals surface area (Å²) in [7, 11) is 0. The van der Waals surface area contributed by atoms with E-state index in [1.54, 1.807) is 0 Å². The number of unbranched alkanes of at least 4 members (excludes halogenated alkanes) is 1. The standard InChI is InChI=1S/C5H7.3CH3.Sn/c1-3-5-4-2;;;;/h3,5H2,1H3;3*1H3;. The first-order chi connectivity index (χ1) is 4.06. The summed E-state index contributed by atoms with van der Waals surface area (Å²) in [5.41, 5.74) is 0. The van der Waals surface area contributed by atoms with Crippen molar-refractivity contribution in [3.8, 4) is 9.86 Å². The minimum absolute atomic E-state index is 1.09. The zero-order chi connectivity index (χ0) is 7.33. The average molecular weight is 231 g/mol. The van der Waals surface area contributed by atoms with Crippen molar-refractivity contribution in [3.63, 3.8) is 0 Å². The van der Waals surface area contributed by atoms with Gasteiger partial charge in [0.2, 0.25) is 0 Å². The van der Waals surface area contributed by atoms with Crippen molar-refractivity contribution in [1.29, 1.82) is 0 Å². The van der Waals surface area contributed by atoms with Crippen LogP contribution in [0.15, 0.2) is 0 Å². The van der Waals surface area contributed by atoms with Gasteiger partial charge in [-0.05, 0) is 0 Å². The van der Waals surface area contributed by atoms with Gasteiger partial charge in [-0.2, -0.15) is 0 Å². The predicted octanol–water partition coefficient (Wildman–Crippen LogP) is 2.67. The molecular weight excluding hydrogens is 215 g/mol. The zero-order valence-electron chi connectivity index (χ0n) is 6.91. The third kappa shape index (κ3) is 8.36. The molecule has 0 saturated carbocycles. The Morgan fingerprint density at radius 3 is 2.11 bits per heavy atom. The van der Waals surface area contributed by atoms with Gasteiger partial charge in [0.05, 0.1) is 0 Å². The SMILES string of the molecule is CCCC#[C][Sn]([CH3])([CH3])[CH3]. The molecule has 0 unspecified atom stereocenters. The summed E-state index contributed by atoms with van der Waals surface area (Å²) in [6.07, 6.45) is 2.29. The Bertz CT molecular complexity index is 120. The van der Waals surface area contributed by atoms with Gasteiger partial charge in [0.15, 0.2) is 0 Å². The van der Waals surface area contributed by atoms with Gasteiger partial charge >= 0.3 is 62.8 Å². The van der Waals surface area contributed by atoms with Crippen LogP contribution in [0.25, 0.3) is 0 Å². The molecule has 0 radical (unpaired) electrons. The fourth-order valence-electron chi connectivity index (χ4n) is 0.453. The van der Waals surface area contributed by atoms with Gasteiger partial charge in [-0.3, -0.25) is 0 Å². The molecule has 0 nitrogen and oxygen atoms in total. The number of hydrogen-bond acceptors (Lipinski definition) is 0. The van der Waals surface area contributed by atoms with Crippen LogP contribution in [0.4, 0.5) is 0 Å². The Morgan fingerprint density at radius 2 is 1.78 bits per heavy atom. The molecule has 0 aliphatic carbocycles. The summed E-state index contributed by atoms with van der Waals surface area (Å²) in [6.45, 7) is 2.17. The average Bonchev–Trinajstić information content (AvgIpc) is 1.63. The molecule has 0 aromatic rings. The molecule has 0 rings (SSSR count). The molecule has 0 aliphatic rings.